The first kappa shape index (κ1) is 37.4. The summed E-state index contributed by atoms with van der Waals surface area (Å²) < 4.78 is 0. The summed E-state index contributed by atoms with van der Waals surface area (Å²) in [7, 11) is -8.67. The van der Waals surface area contributed by atoms with Gasteiger partial charge >= 0.3 is 58.8 Å². The molecule has 0 radical (unpaired) electrons. The average Bonchev–Trinajstić information content (AvgIpc) is 1.94. The molecule has 0 fully saturated rings. The molecule has 0 atom stereocenters. The van der Waals surface area contributed by atoms with Crippen LogP contribution in [0.15, 0.2) is 0 Å². The summed E-state index contributed by atoms with van der Waals surface area (Å²) in [5.74, 6) is 0. The van der Waals surface area contributed by atoms with E-state index in [0.29, 0.717) is 0 Å². The van der Waals surface area contributed by atoms with Gasteiger partial charge in [-0.15, -0.1) is 0 Å². The van der Waals surface area contributed by atoms with Crippen LogP contribution in [0.1, 0.15) is 0 Å². The van der Waals surface area contributed by atoms with Crippen LogP contribution in [0.4, 0.5) is 4.79 Å². The number of hydrogen-bond acceptors (Lipinski definition) is 14. The third kappa shape index (κ3) is 2640000. The first-order valence-electron chi connectivity index (χ1n) is 3.73. The van der Waals surface area contributed by atoms with Crippen molar-refractivity contribution in [2.45, 2.75) is 0 Å². The van der Waals surface area contributed by atoms with Gasteiger partial charge in [-0.1, -0.05) is 0 Å². The van der Waals surface area contributed by atoms with Gasteiger partial charge in [-0.2, -0.15) is 0 Å². The molecule has 0 aliphatic rings. The normalized spacial score (nSPS) is 6.29. The minimum Gasteiger partial charge on any atom is -0.565 e. The van der Waals surface area contributed by atoms with E-state index >= 15 is 0 Å². The Balaban J connectivity index is -0.0000000331. The van der Waals surface area contributed by atoms with Crippen molar-refractivity contribution >= 4 is 35.4 Å². The van der Waals surface area contributed by atoms with Crippen molar-refractivity contribution in [3.8, 4) is 0 Å². The van der Waals surface area contributed by atoms with Gasteiger partial charge in [0.2, 0.25) is 6.16 Å². The molecule has 0 aliphatic heterocycles. The minimum atomic E-state index is -2.17. The molecule has 0 aromatic rings. The fraction of sp³-hybridized carbons (Fsp3) is 0. The predicted molar refractivity (Wildman–Crippen MR) is 57.7 cm³/mol. The SMILES string of the molecule is O=C([O-])O.OB(O)O.OB(O)O.OB(O)O.OB(O)O.[Na+]. The first-order valence-corrected chi connectivity index (χ1v) is 3.73. The van der Waals surface area contributed by atoms with E-state index in [1.165, 1.54) is 0 Å². The molecule has 0 aromatic heterocycles. The Hall–Kier alpha value is 0.0497. The van der Waals surface area contributed by atoms with Gasteiger partial charge in [0, 0.05) is 0 Å². The Labute approximate surface area is 140 Å². The largest absolute Gasteiger partial charge is 1.00 e. The minimum absolute atomic E-state index is 0. The number of carbonyl (C=O) groups is 1. The van der Waals surface area contributed by atoms with Crippen LogP contribution in [0.25, 0.3) is 0 Å². The first-order chi connectivity index (χ1) is 8.66. The molecule has 0 unspecified atom stereocenters. The van der Waals surface area contributed by atoms with E-state index in [9.17, 15) is 0 Å². The van der Waals surface area contributed by atoms with Crippen molar-refractivity contribution in [2.24, 2.45) is 0 Å². The van der Waals surface area contributed by atoms with Crippen LogP contribution in [0.3, 0.4) is 0 Å². The second-order valence-corrected chi connectivity index (χ2v) is 1.65. The average molecular weight is 331 g/mol. The van der Waals surface area contributed by atoms with E-state index in [4.69, 9.17) is 75.3 Å². The van der Waals surface area contributed by atoms with Gasteiger partial charge in [0.15, 0.2) is 0 Å². The number of hydrogen-bond donors (Lipinski definition) is 13. The van der Waals surface area contributed by atoms with Crippen molar-refractivity contribution in [1.29, 1.82) is 0 Å². The Morgan fingerprint density at radius 3 is 0.571 bits per heavy atom. The van der Waals surface area contributed by atoms with Crippen LogP contribution < -0.4 is 34.7 Å². The molecule has 20 heteroatoms. The predicted octanol–water partition coefficient (Wildman–Crippen LogP) is -12.3. The van der Waals surface area contributed by atoms with Gasteiger partial charge in [-0.25, -0.2) is 0 Å². The molecular formula is CH13B4NaO15. The summed E-state index contributed by atoms with van der Waals surface area (Å²) in [6.07, 6.45) is -2.08. The summed E-state index contributed by atoms with van der Waals surface area (Å²) in [6.45, 7) is 0. The summed E-state index contributed by atoms with van der Waals surface area (Å²) in [4.78, 5) is 8.44. The summed E-state index contributed by atoms with van der Waals surface area (Å²) >= 11 is 0. The molecule has 0 rings (SSSR count). The molecule has 0 saturated carbocycles. The van der Waals surface area contributed by atoms with E-state index in [1.807, 2.05) is 0 Å². The molecular weight excluding hydrogens is 318 g/mol. The molecule has 15 nitrogen and oxygen atoms in total. The van der Waals surface area contributed by atoms with E-state index in [-0.39, 0.29) is 29.6 Å². The smallest absolute Gasteiger partial charge is 0.565 e. The van der Waals surface area contributed by atoms with E-state index in [1.54, 1.807) is 0 Å². The van der Waals surface area contributed by atoms with Crippen LogP contribution in [0.2, 0.25) is 0 Å². The van der Waals surface area contributed by atoms with Crippen LogP contribution in [-0.4, -0.2) is 101 Å². The van der Waals surface area contributed by atoms with Crippen LogP contribution in [-0.2, 0) is 0 Å². The Morgan fingerprint density at radius 2 is 0.571 bits per heavy atom. The second-order valence-electron chi connectivity index (χ2n) is 1.65. The Kier molecular flexibility index (Phi) is 57.1. The molecule has 21 heavy (non-hydrogen) atoms. The maximum Gasteiger partial charge on any atom is 1.00 e. The molecule has 0 spiro atoms. The standard InChI is InChI=1S/CH2O3.4BH3O3.Na/c5*2-1(3)4;/h(H2,2,3,4);4*2-4H;/q;;;;;+1/p-1. The quantitative estimate of drug-likeness (QED) is 0.183. The van der Waals surface area contributed by atoms with Crippen molar-refractivity contribution in [3.63, 3.8) is 0 Å². The molecule has 0 saturated heterocycles. The van der Waals surface area contributed by atoms with Crippen LogP contribution in [0, 0.1) is 0 Å². The molecule has 0 aromatic carbocycles. The van der Waals surface area contributed by atoms with E-state index in [2.05, 4.69) is 0 Å². The van der Waals surface area contributed by atoms with E-state index < -0.39 is 35.4 Å². The maximum absolute atomic E-state index is 8.44. The van der Waals surface area contributed by atoms with Gasteiger partial charge in [0.25, 0.3) is 0 Å². The molecule has 0 aliphatic carbocycles. The Bertz CT molecular complexity index is 125. The van der Waals surface area contributed by atoms with Crippen LogP contribution in [0.5, 0.6) is 0 Å². The molecule has 0 amide bonds. The fourth-order valence-corrected chi connectivity index (χ4v) is 0. The molecule has 120 valence electrons. The zero-order chi connectivity index (χ0) is 17.9. The number of rotatable bonds is 0. The number of carboxylic acid groups (broad SMARTS) is 2. The molecule has 0 heterocycles. The maximum atomic E-state index is 8.44. The summed E-state index contributed by atoms with van der Waals surface area (Å²) in [5.41, 5.74) is 0. The van der Waals surface area contributed by atoms with Crippen molar-refractivity contribution < 1.29 is 105 Å². The third-order valence-corrected chi connectivity index (χ3v) is 0. The van der Waals surface area contributed by atoms with Gasteiger partial charge < -0.3 is 75.3 Å². The molecule has 0 bridgehead atoms. The van der Waals surface area contributed by atoms with Crippen LogP contribution >= 0.6 is 0 Å². The third-order valence-electron chi connectivity index (χ3n) is 0. The van der Waals surface area contributed by atoms with Gasteiger partial charge in [-0.05, 0) is 0 Å². The topological polar surface area (TPSA) is 303 Å². The van der Waals surface area contributed by atoms with Crippen molar-refractivity contribution in [2.75, 3.05) is 0 Å². The summed E-state index contributed by atoms with van der Waals surface area (Å²) in [5, 5.41) is 101. The van der Waals surface area contributed by atoms with Gasteiger partial charge in [0.05, 0.1) is 0 Å². The zero-order valence-electron chi connectivity index (χ0n) is 10.4. The van der Waals surface area contributed by atoms with E-state index in [0.717, 1.165) is 0 Å². The summed E-state index contributed by atoms with van der Waals surface area (Å²) in [6, 6.07) is 0. The Morgan fingerprint density at radius 1 is 0.571 bits per heavy atom. The van der Waals surface area contributed by atoms with Gasteiger partial charge in [-0.3, -0.25) is 0 Å². The van der Waals surface area contributed by atoms with Crippen molar-refractivity contribution in [1.82, 2.24) is 0 Å². The van der Waals surface area contributed by atoms with Gasteiger partial charge in [0.1, 0.15) is 0 Å². The second kappa shape index (κ2) is 32.1. The molecule has 13 N–H and O–H groups in total. The van der Waals surface area contributed by atoms with Crippen molar-refractivity contribution in [3.05, 3.63) is 0 Å². The zero-order valence-corrected chi connectivity index (χ0v) is 12.4. The monoisotopic (exact) mass is 332 g/mol. The fourth-order valence-electron chi connectivity index (χ4n) is 0.